The van der Waals surface area contributed by atoms with Gasteiger partial charge in [0.1, 0.15) is 0 Å². The summed E-state index contributed by atoms with van der Waals surface area (Å²) in [4.78, 5) is 10.4. The van der Waals surface area contributed by atoms with Gasteiger partial charge < -0.3 is 5.73 Å². The molecule has 2 nitrogen and oxygen atoms in total. The summed E-state index contributed by atoms with van der Waals surface area (Å²) in [6.45, 7) is 0. The van der Waals surface area contributed by atoms with Gasteiger partial charge in [-0.3, -0.25) is 4.79 Å². The molecule has 0 unspecified atom stereocenters. The number of carbonyl (C=O) groups excluding carboxylic acids is 1. The Hall–Kier alpha value is -1.40. The van der Waals surface area contributed by atoms with Crippen LogP contribution < -0.4 is 5.73 Å². The van der Waals surface area contributed by atoms with Crippen LogP contribution in [0.4, 0.5) is 0 Å². The molecule has 3 heteroatoms. The number of nitrogens with two attached hydrogens (primary N) is 1. The number of hydrogen-bond donors (Lipinski definition) is 2. The molecular formula is C10H9NOS. The Labute approximate surface area is 82.5 Å². The van der Waals surface area contributed by atoms with Crippen molar-refractivity contribution in [2.75, 3.05) is 0 Å². The largest absolute Gasteiger partial charge is 0.359 e. The van der Waals surface area contributed by atoms with E-state index in [2.05, 4.69) is 24.5 Å². The third kappa shape index (κ3) is 3.22. The summed E-state index contributed by atoms with van der Waals surface area (Å²) in [7, 11) is 0. The molecule has 0 saturated heterocycles. The van der Waals surface area contributed by atoms with E-state index < -0.39 is 5.91 Å². The predicted octanol–water partition coefficient (Wildman–Crippen LogP) is 0.953. The van der Waals surface area contributed by atoms with Gasteiger partial charge in [-0.15, -0.1) is 0 Å². The van der Waals surface area contributed by atoms with Crippen molar-refractivity contribution in [2.24, 2.45) is 5.73 Å². The normalized spacial score (nSPS) is 8.69. The highest BCUT2D eigenvalue weighted by atomic mass is 32.1. The molecule has 0 radical (unpaired) electrons. The van der Waals surface area contributed by atoms with Crippen LogP contribution in [0.5, 0.6) is 0 Å². The minimum absolute atomic E-state index is 0.615. The predicted molar refractivity (Wildman–Crippen MR) is 55.2 cm³/mol. The average Bonchev–Trinajstić information content (AvgIpc) is 2.15. The Morgan fingerprint density at radius 3 is 2.92 bits per heavy atom. The van der Waals surface area contributed by atoms with E-state index in [1.54, 1.807) is 0 Å². The molecule has 2 N–H and O–H groups in total. The van der Waals surface area contributed by atoms with Crippen molar-refractivity contribution in [1.29, 1.82) is 0 Å². The molecule has 66 valence electrons. The Morgan fingerprint density at radius 1 is 1.54 bits per heavy atom. The van der Waals surface area contributed by atoms with E-state index in [0.29, 0.717) is 5.75 Å². The van der Waals surface area contributed by atoms with Crippen LogP contribution in [0.1, 0.15) is 11.1 Å². The van der Waals surface area contributed by atoms with Gasteiger partial charge in [0.15, 0.2) is 0 Å². The fraction of sp³-hybridized carbons (Fsp3) is 0.100. The van der Waals surface area contributed by atoms with E-state index in [4.69, 9.17) is 5.73 Å². The van der Waals surface area contributed by atoms with E-state index in [1.807, 2.05) is 24.3 Å². The van der Waals surface area contributed by atoms with Crippen molar-refractivity contribution in [3.8, 4) is 11.8 Å². The van der Waals surface area contributed by atoms with Crippen molar-refractivity contribution < 1.29 is 4.79 Å². The molecule has 0 aromatic heterocycles. The van der Waals surface area contributed by atoms with Gasteiger partial charge in [-0.2, -0.15) is 12.6 Å². The second-order valence-electron chi connectivity index (χ2n) is 2.47. The Balaban J connectivity index is 2.91. The lowest BCUT2D eigenvalue weighted by molar-refractivity contribution is -0.112. The van der Waals surface area contributed by atoms with Crippen molar-refractivity contribution >= 4 is 18.5 Å². The van der Waals surface area contributed by atoms with Gasteiger partial charge in [0.2, 0.25) is 0 Å². The SMILES string of the molecule is NC(=O)C#Cc1cccc(CS)c1. The van der Waals surface area contributed by atoms with Crippen LogP contribution in [0.2, 0.25) is 0 Å². The van der Waals surface area contributed by atoms with Crippen molar-refractivity contribution in [2.45, 2.75) is 5.75 Å². The molecule has 0 saturated carbocycles. The molecule has 1 amide bonds. The first-order valence-electron chi connectivity index (χ1n) is 3.73. The molecular weight excluding hydrogens is 182 g/mol. The van der Waals surface area contributed by atoms with Crippen molar-refractivity contribution in [3.05, 3.63) is 35.4 Å². The molecule has 1 rings (SSSR count). The third-order valence-corrected chi connectivity index (χ3v) is 1.80. The molecule has 0 fully saturated rings. The molecule has 13 heavy (non-hydrogen) atoms. The lowest BCUT2D eigenvalue weighted by Crippen LogP contribution is -2.06. The molecule has 1 aromatic carbocycles. The summed E-state index contributed by atoms with van der Waals surface area (Å²) < 4.78 is 0. The topological polar surface area (TPSA) is 43.1 Å². The molecule has 0 aliphatic rings. The molecule has 1 aromatic rings. The first kappa shape index (κ1) is 9.69. The van der Waals surface area contributed by atoms with Gasteiger partial charge in [0.25, 0.3) is 5.91 Å². The van der Waals surface area contributed by atoms with E-state index in [1.165, 1.54) is 0 Å². The van der Waals surface area contributed by atoms with Crippen LogP contribution in [-0.2, 0) is 10.5 Å². The number of benzene rings is 1. The zero-order valence-electron chi connectivity index (χ0n) is 6.95. The maximum atomic E-state index is 10.4. The maximum absolute atomic E-state index is 10.4. The fourth-order valence-electron chi connectivity index (χ4n) is 0.881. The molecule has 0 aliphatic heterocycles. The highest BCUT2D eigenvalue weighted by molar-refractivity contribution is 7.79. The smallest absolute Gasteiger partial charge is 0.293 e. The van der Waals surface area contributed by atoms with Gasteiger partial charge in [0, 0.05) is 11.3 Å². The third-order valence-electron chi connectivity index (χ3n) is 1.44. The lowest BCUT2D eigenvalue weighted by atomic mass is 10.1. The van der Waals surface area contributed by atoms with Crippen molar-refractivity contribution in [1.82, 2.24) is 0 Å². The quantitative estimate of drug-likeness (QED) is 0.504. The number of amides is 1. The molecule has 0 atom stereocenters. The highest BCUT2D eigenvalue weighted by Gasteiger charge is 1.90. The molecule has 0 bridgehead atoms. The summed E-state index contributed by atoms with van der Waals surface area (Å²) in [5, 5.41) is 0. The second-order valence-corrected chi connectivity index (χ2v) is 2.79. The van der Waals surface area contributed by atoms with Gasteiger partial charge in [-0.05, 0) is 23.6 Å². The number of carbonyl (C=O) groups is 1. The van der Waals surface area contributed by atoms with E-state index in [-0.39, 0.29) is 0 Å². The van der Waals surface area contributed by atoms with Crippen LogP contribution in [0, 0.1) is 11.8 Å². The van der Waals surface area contributed by atoms with E-state index >= 15 is 0 Å². The summed E-state index contributed by atoms with van der Waals surface area (Å²) >= 11 is 4.13. The molecule has 0 spiro atoms. The van der Waals surface area contributed by atoms with Crippen molar-refractivity contribution in [3.63, 3.8) is 0 Å². The fourth-order valence-corrected chi connectivity index (χ4v) is 1.08. The maximum Gasteiger partial charge on any atom is 0.293 e. The van der Waals surface area contributed by atoms with E-state index in [0.717, 1.165) is 11.1 Å². The number of primary amides is 1. The zero-order valence-corrected chi connectivity index (χ0v) is 7.84. The second kappa shape index (κ2) is 4.58. The minimum Gasteiger partial charge on any atom is -0.359 e. The zero-order chi connectivity index (χ0) is 9.68. The van der Waals surface area contributed by atoms with Gasteiger partial charge >= 0.3 is 0 Å². The van der Waals surface area contributed by atoms with Gasteiger partial charge in [-0.25, -0.2) is 0 Å². The number of hydrogen-bond acceptors (Lipinski definition) is 2. The van der Waals surface area contributed by atoms with Gasteiger partial charge in [0.05, 0.1) is 0 Å². The summed E-state index contributed by atoms with van der Waals surface area (Å²) in [6.07, 6.45) is 0. The number of thiol groups is 1. The van der Waals surface area contributed by atoms with Crippen LogP contribution >= 0.6 is 12.6 Å². The van der Waals surface area contributed by atoms with Crippen LogP contribution in [0.3, 0.4) is 0 Å². The number of rotatable bonds is 1. The summed E-state index contributed by atoms with van der Waals surface area (Å²) in [5.41, 5.74) is 6.74. The van der Waals surface area contributed by atoms with Gasteiger partial charge in [-0.1, -0.05) is 18.1 Å². The minimum atomic E-state index is -0.615. The lowest BCUT2D eigenvalue weighted by Gasteiger charge is -1.94. The summed E-state index contributed by atoms with van der Waals surface area (Å²) in [6, 6.07) is 7.52. The highest BCUT2D eigenvalue weighted by Crippen LogP contribution is 2.05. The molecule has 0 heterocycles. The Morgan fingerprint density at radius 2 is 2.31 bits per heavy atom. The Kier molecular flexibility index (Phi) is 3.41. The van der Waals surface area contributed by atoms with Crippen LogP contribution in [0.15, 0.2) is 24.3 Å². The van der Waals surface area contributed by atoms with Crippen LogP contribution in [0.25, 0.3) is 0 Å². The first-order valence-corrected chi connectivity index (χ1v) is 4.37. The first-order chi connectivity index (χ1) is 6.22. The monoisotopic (exact) mass is 191 g/mol. The van der Waals surface area contributed by atoms with E-state index in [9.17, 15) is 4.79 Å². The standard InChI is InChI=1S/C10H9NOS/c11-10(12)5-4-8-2-1-3-9(6-8)7-13/h1-3,6,13H,7H2,(H2,11,12). The summed E-state index contributed by atoms with van der Waals surface area (Å²) in [5.74, 6) is 4.98. The Bertz CT molecular complexity index is 376. The molecule has 0 aliphatic carbocycles. The van der Waals surface area contributed by atoms with Crippen LogP contribution in [-0.4, -0.2) is 5.91 Å². The average molecular weight is 191 g/mol.